The van der Waals surface area contributed by atoms with Gasteiger partial charge in [-0.2, -0.15) is 0 Å². The molecule has 0 unspecified atom stereocenters. The lowest BCUT2D eigenvalue weighted by Crippen LogP contribution is -2.19. The Bertz CT molecular complexity index is 543. The van der Waals surface area contributed by atoms with Crippen LogP contribution in [0.5, 0.6) is 0 Å². The highest BCUT2D eigenvalue weighted by Crippen LogP contribution is 2.24. The number of hydrogen-bond donors (Lipinski definition) is 1. The van der Waals surface area contributed by atoms with E-state index in [1.54, 1.807) is 6.92 Å². The molecule has 2 atom stereocenters. The Kier molecular flexibility index (Phi) is 4.13. The van der Waals surface area contributed by atoms with Gasteiger partial charge in [0.1, 0.15) is 0 Å². The summed E-state index contributed by atoms with van der Waals surface area (Å²) in [4.78, 5) is 12.3. The number of rotatable bonds is 4. The second-order valence-corrected chi connectivity index (χ2v) is 4.87. The van der Waals surface area contributed by atoms with Gasteiger partial charge in [0, 0.05) is 11.5 Å². The molecule has 98 valence electrons. The molecule has 1 N–H and O–H groups in total. The number of aliphatic hydroxyl groups excluding tert-OH is 1. The number of benzene rings is 2. The number of carbonyl (C=O) groups excluding carboxylic acids is 1. The van der Waals surface area contributed by atoms with Crippen molar-refractivity contribution in [2.75, 3.05) is 0 Å². The summed E-state index contributed by atoms with van der Waals surface area (Å²) in [5.74, 6) is -0.485. The molecule has 0 aromatic heterocycles. The van der Waals surface area contributed by atoms with Crippen molar-refractivity contribution in [1.29, 1.82) is 0 Å². The largest absolute Gasteiger partial charge is 0.388 e. The summed E-state index contributed by atoms with van der Waals surface area (Å²) < 4.78 is 0. The normalized spacial score (nSPS) is 13.8. The van der Waals surface area contributed by atoms with Crippen molar-refractivity contribution in [3.05, 3.63) is 71.3 Å². The van der Waals surface area contributed by atoms with Gasteiger partial charge in [-0.15, -0.1) is 0 Å². The van der Waals surface area contributed by atoms with Crippen molar-refractivity contribution in [3.63, 3.8) is 0 Å². The van der Waals surface area contributed by atoms with E-state index >= 15 is 0 Å². The Morgan fingerprint density at radius 1 is 1.00 bits per heavy atom. The van der Waals surface area contributed by atoms with Crippen molar-refractivity contribution >= 4 is 5.78 Å². The third-order valence-electron chi connectivity index (χ3n) is 3.36. The zero-order chi connectivity index (χ0) is 13.8. The van der Waals surface area contributed by atoms with Crippen molar-refractivity contribution in [3.8, 4) is 0 Å². The zero-order valence-electron chi connectivity index (χ0n) is 11.2. The highest BCUT2D eigenvalue weighted by atomic mass is 16.3. The number of aryl methyl sites for hydroxylation is 1. The third kappa shape index (κ3) is 3.09. The monoisotopic (exact) mass is 254 g/mol. The molecular weight excluding hydrogens is 236 g/mol. The van der Waals surface area contributed by atoms with E-state index in [-0.39, 0.29) is 5.78 Å². The summed E-state index contributed by atoms with van der Waals surface area (Å²) in [6.45, 7) is 3.75. The van der Waals surface area contributed by atoms with Crippen molar-refractivity contribution in [2.24, 2.45) is 5.92 Å². The molecule has 0 aliphatic rings. The van der Waals surface area contributed by atoms with Crippen LogP contribution in [0.15, 0.2) is 54.6 Å². The van der Waals surface area contributed by atoms with Crippen LogP contribution >= 0.6 is 0 Å². The molecule has 2 nitrogen and oxygen atoms in total. The van der Waals surface area contributed by atoms with Gasteiger partial charge in [0.05, 0.1) is 6.10 Å². The van der Waals surface area contributed by atoms with E-state index in [9.17, 15) is 9.90 Å². The number of hydrogen-bond acceptors (Lipinski definition) is 2. The van der Waals surface area contributed by atoms with Gasteiger partial charge in [0.15, 0.2) is 5.78 Å². The van der Waals surface area contributed by atoms with Crippen LogP contribution in [0.4, 0.5) is 0 Å². The molecule has 0 heterocycles. The lowest BCUT2D eigenvalue weighted by molar-refractivity contribution is 0.0714. The average Bonchev–Trinajstić information content (AvgIpc) is 2.46. The van der Waals surface area contributed by atoms with E-state index in [2.05, 4.69) is 0 Å². The van der Waals surface area contributed by atoms with E-state index in [0.29, 0.717) is 5.56 Å². The summed E-state index contributed by atoms with van der Waals surface area (Å²) in [6.07, 6.45) is -0.769. The zero-order valence-corrected chi connectivity index (χ0v) is 11.2. The highest BCUT2D eigenvalue weighted by Gasteiger charge is 2.24. The second-order valence-electron chi connectivity index (χ2n) is 4.87. The minimum absolute atomic E-state index is 0.0312. The summed E-state index contributed by atoms with van der Waals surface area (Å²) in [6, 6.07) is 16.7. The van der Waals surface area contributed by atoms with Crippen LogP contribution in [-0.4, -0.2) is 10.9 Å². The van der Waals surface area contributed by atoms with Crippen molar-refractivity contribution in [1.82, 2.24) is 0 Å². The summed E-state index contributed by atoms with van der Waals surface area (Å²) in [5, 5.41) is 10.3. The van der Waals surface area contributed by atoms with Crippen LogP contribution in [0.1, 0.15) is 34.5 Å². The van der Waals surface area contributed by atoms with Crippen LogP contribution in [0.25, 0.3) is 0 Å². The molecule has 2 aromatic carbocycles. The van der Waals surface area contributed by atoms with Gasteiger partial charge in [-0.25, -0.2) is 0 Å². The molecule has 0 aliphatic carbocycles. The lowest BCUT2D eigenvalue weighted by atomic mass is 9.90. The van der Waals surface area contributed by atoms with E-state index in [0.717, 1.165) is 11.1 Å². The molecule has 0 saturated heterocycles. The average molecular weight is 254 g/mol. The Labute approximate surface area is 113 Å². The molecule has 0 spiro atoms. The molecule has 2 heteroatoms. The van der Waals surface area contributed by atoms with Crippen LogP contribution in [0, 0.1) is 12.8 Å². The van der Waals surface area contributed by atoms with Gasteiger partial charge >= 0.3 is 0 Å². The van der Waals surface area contributed by atoms with Gasteiger partial charge in [0.25, 0.3) is 0 Å². The highest BCUT2D eigenvalue weighted by molar-refractivity contribution is 5.98. The number of carbonyl (C=O) groups is 1. The number of ketones is 1. The SMILES string of the molecule is Cc1ccc(C(=O)[C@@H](C)[C@H](O)c2ccccc2)cc1. The van der Waals surface area contributed by atoms with E-state index in [1.165, 1.54) is 0 Å². The Morgan fingerprint density at radius 2 is 1.58 bits per heavy atom. The van der Waals surface area contributed by atoms with Gasteiger partial charge in [-0.05, 0) is 12.5 Å². The summed E-state index contributed by atoms with van der Waals surface area (Å²) in [7, 11) is 0. The van der Waals surface area contributed by atoms with Crippen LogP contribution in [-0.2, 0) is 0 Å². The lowest BCUT2D eigenvalue weighted by Gasteiger charge is -2.18. The first-order chi connectivity index (χ1) is 9.09. The third-order valence-corrected chi connectivity index (χ3v) is 3.36. The predicted molar refractivity (Wildman–Crippen MR) is 76.1 cm³/mol. The van der Waals surface area contributed by atoms with E-state index in [4.69, 9.17) is 0 Å². The minimum atomic E-state index is -0.769. The molecule has 0 amide bonds. The standard InChI is InChI=1S/C17H18O2/c1-12-8-10-15(11-9-12)17(19)13(2)16(18)14-6-4-3-5-7-14/h3-11,13,16,18H,1-2H3/t13-,16-/m0/s1. The maximum atomic E-state index is 12.3. The molecular formula is C17H18O2. The van der Waals surface area contributed by atoms with Gasteiger partial charge < -0.3 is 5.11 Å². The number of aliphatic hydroxyl groups is 1. The first-order valence-corrected chi connectivity index (χ1v) is 6.43. The van der Waals surface area contributed by atoms with Gasteiger partial charge in [-0.1, -0.05) is 67.1 Å². The summed E-state index contributed by atoms with van der Waals surface area (Å²) in [5.41, 5.74) is 2.54. The first kappa shape index (κ1) is 13.5. The molecule has 2 rings (SSSR count). The van der Waals surface area contributed by atoms with Crippen molar-refractivity contribution in [2.45, 2.75) is 20.0 Å². The molecule has 2 aromatic rings. The summed E-state index contributed by atoms with van der Waals surface area (Å²) >= 11 is 0. The molecule has 0 fully saturated rings. The predicted octanol–water partition coefficient (Wildman–Crippen LogP) is 3.55. The second kappa shape index (κ2) is 5.81. The fourth-order valence-electron chi connectivity index (χ4n) is 2.06. The molecule has 0 saturated carbocycles. The van der Waals surface area contributed by atoms with Crippen LogP contribution < -0.4 is 0 Å². The Hall–Kier alpha value is -1.93. The van der Waals surface area contributed by atoms with Gasteiger partial charge in [-0.3, -0.25) is 4.79 Å². The molecule has 19 heavy (non-hydrogen) atoms. The van der Waals surface area contributed by atoms with E-state index < -0.39 is 12.0 Å². The molecule has 0 aliphatic heterocycles. The number of Topliss-reactive ketones (excluding diaryl/α,β-unsaturated/α-hetero) is 1. The maximum Gasteiger partial charge on any atom is 0.168 e. The minimum Gasteiger partial charge on any atom is -0.388 e. The van der Waals surface area contributed by atoms with Gasteiger partial charge in [0.2, 0.25) is 0 Å². The fourth-order valence-corrected chi connectivity index (χ4v) is 2.06. The quantitative estimate of drug-likeness (QED) is 0.847. The molecule has 0 radical (unpaired) electrons. The maximum absolute atomic E-state index is 12.3. The first-order valence-electron chi connectivity index (χ1n) is 6.43. The Balaban J connectivity index is 2.17. The molecule has 0 bridgehead atoms. The Morgan fingerprint density at radius 3 is 2.16 bits per heavy atom. The smallest absolute Gasteiger partial charge is 0.168 e. The van der Waals surface area contributed by atoms with Crippen LogP contribution in [0.2, 0.25) is 0 Å². The van der Waals surface area contributed by atoms with Crippen molar-refractivity contribution < 1.29 is 9.90 Å². The fraction of sp³-hybridized carbons (Fsp3) is 0.235. The van der Waals surface area contributed by atoms with Crippen LogP contribution in [0.3, 0.4) is 0 Å². The van der Waals surface area contributed by atoms with E-state index in [1.807, 2.05) is 61.5 Å². The topological polar surface area (TPSA) is 37.3 Å².